The number of carbonyl (C=O) groups is 1. The quantitative estimate of drug-likeness (QED) is 0.660. The molecule has 0 aromatic heterocycles. The van der Waals surface area contributed by atoms with Gasteiger partial charge in [-0.05, 0) is 0 Å². The van der Waals surface area contributed by atoms with E-state index in [4.69, 9.17) is 0 Å². The summed E-state index contributed by atoms with van der Waals surface area (Å²) in [5.41, 5.74) is 0.807. The number of rotatable bonds is 3. The highest BCUT2D eigenvalue weighted by molar-refractivity contribution is 5.96. The molecule has 1 nitrogen and oxygen atoms in total. The van der Waals surface area contributed by atoms with Crippen LogP contribution < -0.4 is 0 Å². The summed E-state index contributed by atoms with van der Waals surface area (Å²) >= 11 is 0. The van der Waals surface area contributed by atoms with Crippen LogP contribution >= 0.6 is 0 Å². The van der Waals surface area contributed by atoms with Gasteiger partial charge in [-0.2, -0.15) is 0 Å². The molecule has 0 bridgehead atoms. The summed E-state index contributed by atoms with van der Waals surface area (Å²) in [6, 6.07) is 9.45. The summed E-state index contributed by atoms with van der Waals surface area (Å²) < 4.78 is 0. The van der Waals surface area contributed by atoms with Crippen LogP contribution in [-0.2, 0) is 0 Å². The molecule has 1 heteroatoms. The molecule has 70 valence electrons. The number of hydrogen-bond acceptors (Lipinski definition) is 1. The lowest BCUT2D eigenvalue weighted by Crippen LogP contribution is -2.03. The number of Topliss-reactive ketones (excluding diaryl/α,β-unsaturated/α-hetero) is 1. The Morgan fingerprint density at radius 3 is 2.36 bits per heavy atom. The predicted octanol–water partition coefficient (Wildman–Crippen LogP) is 3.00. The number of carbonyl (C=O) groups excluding carboxylic acids is 1. The van der Waals surface area contributed by atoms with Crippen LogP contribution in [0.4, 0.5) is 0 Å². The second kappa shape index (κ2) is 4.05. The van der Waals surface area contributed by atoms with Crippen molar-refractivity contribution in [1.82, 2.24) is 0 Å². The highest BCUT2D eigenvalue weighted by Crippen LogP contribution is 2.16. The van der Waals surface area contributed by atoms with E-state index < -0.39 is 0 Å². The van der Waals surface area contributed by atoms with Gasteiger partial charge in [0.2, 0.25) is 0 Å². The van der Waals surface area contributed by atoms with Crippen LogP contribution in [0.2, 0.25) is 0 Å². The second-order valence-corrected chi connectivity index (χ2v) is 3.43. The van der Waals surface area contributed by atoms with Gasteiger partial charge in [-0.3, -0.25) is 4.79 Å². The number of allylic oxidation sites excluding steroid dienone is 4. The summed E-state index contributed by atoms with van der Waals surface area (Å²) in [7, 11) is 0. The molecule has 0 saturated heterocycles. The van der Waals surface area contributed by atoms with Crippen LogP contribution in [0.25, 0.3) is 0 Å². The molecular formula is C13H12O. The largest absolute Gasteiger partial charge is 0.294 e. The van der Waals surface area contributed by atoms with Gasteiger partial charge >= 0.3 is 0 Å². The van der Waals surface area contributed by atoms with Crippen molar-refractivity contribution >= 4 is 5.78 Å². The molecule has 0 N–H and O–H groups in total. The van der Waals surface area contributed by atoms with Gasteiger partial charge in [-0.15, -0.1) is 0 Å². The van der Waals surface area contributed by atoms with Crippen LogP contribution in [0.15, 0.2) is 54.6 Å². The summed E-state index contributed by atoms with van der Waals surface area (Å²) in [5.74, 6) is 0.509. The summed E-state index contributed by atoms with van der Waals surface area (Å²) in [4.78, 5) is 11.7. The lowest BCUT2D eigenvalue weighted by molar-refractivity contribution is 0.0975. The number of benzene rings is 1. The van der Waals surface area contributed by atoms with Gasteiger partial charge in [0.05, 0.1) is 0 Å². The van der Waals surface area contributed by atoms with E-state index >= 15 is 0 Å². The normalized spacial score (nSPS) is 14.9. The van der Waals surface area contributed by atoms with Crippen molar-refractivity contribution in [2.24, 2.45) is 5.92 Å². The molecule has 1 aliphatic carbocycles. The van der Waals surface area contributed by atoms with Crippen molar-refractivity contribution in [3.05, 3.63) is 60.2 Å². The van der Waals surface area contributed by atoms with Gasteiger partial charge in [0.15, 0.2) is 5.78 Å². The Morgan fingerprint density at radius 2 is 1.71 bits per heavy atom. The van der Waals surface area contributed by atoms with Crippen LogP contribution in [0.1, 0.15) is 16.8 Å². The van der Waals surface area contributed by atoms with E-state index in [1.165, 1.54) is 0 Å². The fourth-order valence-electron chi connectivity index (χ4n) is 1.57. The fourth-order valence-corrected chi connectivity index (χ4v) is 1.57. The van der Waals surface area contributed by atoms with Crippen molar-refractivity contribution in [2.45, 2.75) is 6.42 Å². The molecule has 14 heavy (non-hydrogen) atoms. The monoisotopic (exact) mass is 184 g/mol. The van der Waals surface area contributed by atoms with E-state index in [0.717, 1.165) is 5.56 Å². The Morgan fingerprint density at radius 1 is 1.07 bits per heavy atom. The standard InChI is InChI=1S/C13H12O/c14-13(10-11-6-4-5-7-11)12-8-2-1-3-9-12/h1-9,11H,10H2. The minimum absolute atomic E-state index is 0.215. The van der Waals surface area contributed by atoms with E-state index in [2.05, 4.69) is 12.2 Å². The van der Waals surface area contributed by atoms with Crippen molar-refractivity contribution in [1.29, 1.82) is 0 Å². The molecule has 1 aromatic rings. The third-order valence-electron chi connectivity index (χ3n) is 2.34. The molecule has 0 aliphatic heterocycles. The Hall–Kier alpha value is -1.63. The van der Waals surface area contributed by atoms with Gasteiger partial charge in [-0.25, -0.2) is 0 Å². The first-order valence-electron chi connectivity index (χ1n) is 4.79. The zero-order chi connectivity index (χ0) is 9.80. The van der Waals surface area contributed by atoms with Gasteiger partial charge in [0, 0.05) is 17.9 Å². The third-order valence-corrected chi connectivity index (χ3v) is 2.34. The molecule has 0 atom stereocenters. The summed E-state index contributed by atoms with van der Waals surface area (Å²) in [5, 5.41) is 0. The summed E-state index contributed by atoms with van der Waals surface area (Å²) in [6.45, 7) is 0. The molecule has 0 heterocycles. The van der Waals surface area contributed by atoms with Crippen LogP contribution in [0.3, 0.4) is 0 Å². The van der Waals surface area contributed by atoms with Crippen molar-refractivity contribution in [2.75, 3.05) is 0 Å². The highest BCUT2D eigenvalue weighted by Gasteiger charge is 2.11. The molecule has 0 saturated carbocycles. The SMILES string of the molecule is O=C(CC1C=CC=C1)c1ccccc1. The molecule has 1 aliphatic rings. The van der Waals surface area contributed by atoms with E-state index in [1.807, 2.05) is 42.5 Å². The predicted molar refractivity (Wildman–Crippen MR) is 57.2 cm³/mol. The molecule has 1 aromatic carbocycles. The van der Waals surface area contributed by atoms with Crippen LogP contribution in [0, 0.1) is 5.92 Å². The first-order chi connectivity index (χ1) is 6.86. The Balaban J connectivity index is 2.03. The van der Waals surface area contributed by atoms with E-state index in [9.17, 15) is 4.79 Å². The van der Waals surface area contributed by atoms with Gasteiger partial charge in [-0.1, -0.05) is 54.6 Å². The smallest absolute Gasteiger partial charge is 0.163 e. The minimum atomic E-state index is 0.215. The first kappa shape index (κ1) is 8.95. The van der Waals surface area contributed by atoms with Crippen molar-refractivity contribution in [3.8, 4) is 0 Å². The van der Waals surface area contributed by atoms with Gasteiger partial charge in [0.25, 0.3) is 0 Å². The maximum Gasteiger partial charge on any atom is 0.163 e. The topological polar surface area (TPSA) is 17.1 Å². The fraction of sp³-hybridized carbons (Fsp3) is 0.154. The average molecular weight is 184 g/mol. The lowest BCUT2D eigenvalue weighted by Gasteiger charge is -2.03. The highest BCUT2D eigenvalue weighted by atomic mass is 16.1. The van der Waals surface area contributed by atoms with Gasteiger partial charge < -0.3 is 0 Å². The molecule has 0 spiro atoms. The average Bonchev–Trinajstić information content (AvgIpc) is 2.72. The zero-order valence-electron chi connectivity index (χ0n) is 7.89. The molecule has 0 unspecified atom stereocenters. The Labute approximate surface area is 83.8 Å². The second-order valence-electron chi connectivity index (χ2n) is 3.43. The number of hydrogen-bond donors (Lipinski definition) is 0. The minimum Gasteiger partial charge on any atom is -0.294 e. The molecule has 2 rings (SSSR count). The molecular weight excluding hydrogens is 172 g/mol. The zero-order valence-corrected chi connectivity index (χ0v) is 7.89. The van der Waals surface area contributed by atoms with Crippen LogP contribution in [0.5, 0.6) is 0 Å². The maximum absolute atomic E-state index is 11.7. The van der Waals surface area contributed by atoms with Crippen molar-refractivity contribution in [3.63, 3.8) is 0 Å². The molecule has 0 radical (unpaired) electrons. The summed E-state index contributed by atoms with van der Waals surface area (Å²) in [6.07, 6.45) is 8.67. The van der Waals surface area contributed by atoms with Gasteiger partial charge in [0.1, 0.15) is 0 Å². The lowest BCUT2D eigenvalue weighted by atomic mass is 10.00. The Bertz CT molecular complexity index is 361. The van der Waals surface area contributed by atoms with E-state index in [0.29, 0.717) is 12.3 Å². The van der Waals surface area contributed by atoms with Crippen LogP contribution in [-0.4, -0.2) is 5.78 Å². The number of ketones is 1. The molecule has 0 amide bonds. The Kier molecular flexibility index (Phi) is 2.59. The van der Waals surface area contributed by atoms with Crippen molar-refractivity contribution < 1.29 is 4.79 Å². The molecule has 0 fully saturated rings. The maximum atomic E-state index is 11.7. The van der Waals surface area contributed by atoms with E-state index in [-0.39, 0.29) is 5.78 Å². The first-order valence-corrected chi connectivity index (χ1v) is 4.79. The third kappa shape index (κ3) is 1.99. The van der Waals surface area contributed by atoms with E-state index in [1.54, 1.807) is 0 Å².